The van der Waals surface area contributed by atoms with Crippen LogP contribution in [0.25, 0.3) is 0 Å². The van der Waals surface area contributed by atoms with Gasteiger partial charge in [0.2, 0.25) is 5.91 Å². The monoisotopic (exact) mass is 276 g/mol. The number of benzene rings is 1. The Balaban J connectivity index is 1.82. The van der Waals surface area contributed by atoms with E-state index in [4.69, 9.17) is 10.5 Å². The minimum absolute atomic E-state index is 0.0809. The summed E-state index contributed by atoms with van der Waals surface area (Å²) in [6.07, 6.45) is 2.79. The number of nitrogens with two attached hydrogens (primary N) is 1. The SMILES string of the molecule is CC(CC(=O)NC(C)C1CCCO1)c1ccc(N)cc1. The van der Waals surface area contributed by atoms with Crippen molar-refractivity contribution in [3.63, 3.8) is 0 Å². The smallest absolute Gasteiger partial charge is 0.220 e. The molecule has 4 heteroatoms. The highest BCUT2D eigenvalue weighted by Crippen LogP contribution is 2.21. The number of amides is 1. The van der Waals surface area contributed by atoms with E-state index in [2.05, 4.69) is 12.2 Å². The molecule has 0 aromatic heterocycles. The van der Waals surface area contributed by atoms with Crippen molar-refractivity contribution >= 4 is 11.6 Å². The molecule has 3 atom stereocenters. The maximum Gasteiger partial charge on any atom is 0.220 e. The second-order valence-electron chi connectivity index (χ2n) is 5.68. The number of nitrogen functional groups attached to an aromatic ring is 1. The molecule has 1 aromatic carbocycles. The zero-order chi connectivity index (χ0) is 14.5. The Labute approximate surface area is 120 Å². The van der Waals surface area contributed by atoms with E-state index in [1.807, 2.05) is 31.2 Å². The zero-order valence-electron chi connectivity index (χ0n) is 12.3. The largest absolute Gasteiger partial charge is 0.399 e. The van der Waals surface area contributed by atoms with Gasteiger partial charge in [-0.05, 0) is 43.4 Å². The van der Waals surface area contributed by atoms with Crippen molar-refractivity contribution < 1.29 is 9.53 Å². The summed E-state index contributed by atoms with van der Waals surface area (Å²) in [6.45, 7) is 4.89. The van der Waals surface area contributed by atoms with Gasteiger partial charge in [0.1, 0.15) is 0 Å². The highest BCUT2D eigenvalue weighted by molar-refractivity contribution is 5.77. The Morgan fingerprint density at radius 3 is 2.70 bits per heavy atom. The Morgan fingerprint density at radius 2 is 2.10 bits per heavy atom. The third-order valence-electron chi connectivity index (χ3n) is 3.91. The summed E-state index contributed by atoms with van der Waals surface area (Å²) >= 11 is 0. The Hall–Kier alpha value is -1.55. The molecule has 0 bridgehead atoms. The molecule has 0 saturated carbocycles. The first-order valence-electron chi connectivity index (χ1n) is 7.32. The standard InChI is InChI=1S/C16H24N2O2/c1-11(13-5-7-14(17)8-6-13)10-16(19)18-12(2)15-4-3-9-20-15/h5-8,11-12,15H,3-4,9-10,17H2,1-2H3,(H,18,19). The molecule has 0 radical (unpaired) electrons. The maximum atomic E-state index is 12.1. The van der Waals surface area contributed by atoms with E-state index < -0.39 is 0 Å². The molecule has 2 rings (SSSR count). The van der Waals surface area contributed by atoms with Crippen LogP contribution in [-0.4, -0.2) is 24.7 Å². The predicted octanol–water partition coefficient (Wildman–Crippen LogP) is 2.45. The van der Waals surface area contributed by atoms with Crippen LogP contribution in [0.1, 0.15) is 44.6 Å². The van der Waals surface area contributed by atoms with Crippen LogP contribution in [0.2, 0.25) is 0 Å². The topological polar surface area (TPSA) is 64.3 Å². The lowest BCUT2D eigenvalue weighted by atomic mass is 9.97. The first-order valence-corrected chi connectivity index (χ1v) is 7.32. The van der Waals surface area contributed by atoms with Gasteiger partial charge in [0.05, 0.1) is 12.1 Å². The molecule has 110 valence electrons. The van der Waals surface area contributed by atoms with E-state index in [1.54, 1.807) is 0 Å². The molecule has 3 N–H and O–H groups in total. The molecule has 1 aliphatic rings. The van der Waals surface area contributed by atoms with Gasteiger partial charge in [0.25, 0.3) is 0 Å². The quantitative estimate of drug-likeness (QED) is 0.812. The van der Waals surface area contributed by atoms with Crippen LogP contribution in [0.15, 0.2) is 24.3 Å². The molecular formula is C16H24N2O2. The van der Waals surface area contributed by atoms with Crippen LogP contribution in [0.5, 0.6) is 0 Å². The lowest BCUT2D eigenvalue weighted by Crippen LogP contribution is -2.41. The molecular weight excluding hydrogens is 252 g/mol. The third kappa shape index (κ3) is 3.97. The number of anilines is 1. The van der Waals surface area contributed by atoms with Crippen molar-refractivity contribution in [2.24, 2.45) is 0 Å². The van der Waals surface area contributed by atoms with Crippen molar-refractivity contribution in [3.05, 3.63) is 29.8 Å². The summed E-state index contributed by atoms with van der Waals surface area (Å²) in [5.74, 6) is 0.268. The van der Waals surface area contributed by atoms with Gasteiger partial charge < -0.3 is 15.8 Å². The molecule has 1 heterocycles. The van der Waals surface area contributed by atoms with E-state index in [-0.39, 0.29) is 24.0 Å². The van der Waals surface area contributed by atoms with Gasteiger partial charge in [0.15, 0.2) is 0 Å². The molecule has 1 fully saturated rings. The third-order valence-corrected chi connectivity index (χ3v) is 3.91. The summed E-state index contributed by atoms with van der Waals surface area (Å²) in [6, 6.07) is 7.80. The molecule has 1 amide bonds. The van der Waals surface area contributed by atoms with Gasteiger partial charge in [-0.15, -0.1) is 0 Å². The lowest BCUT2D eigenvalue weighted by molar-refractivity contribution is -0.122. The Morgan fingerprint density at radius 1 is 1.40 bits per heavy atom. The first kappa shape index (κ1) is 14.9. The van der Waals surface area contributed by atoms with Crippen molar-refractivity contribution in [1.82, 2.24) is 5.32 Å². The Bertz CT molecular complexity index is 438. The van der Waals surface area contributed by atoms with Crippen molar-refractivity contribution in [2.45, 2.75) is 51.2 Å². The molecule has 1 aliphatic heterocycles. The maximum absolute atomic E-state index is 12.1. The van der Waals surface area contributed by atoms with Crippen LogP contribution in [-0.2, 0) is 9.53 Å². The fourth-order valence-electron chi connectivity index (χ4n) is 2.62. The fraction of sp³-hybridized carbons (Fsp3) is 0.562. The van der Waals surface area contributed by atoms with E-state index in [0.717, 1.165) is 30.7 Å². The van der Waals surface area contributed by atoms with Crippen molar-refractivity contribution in [3.8, 4) is 0 Å². The molecule has 4 nitrogen and oxygen atoms in total. The number of carbonyl (C=O) groups is 1. The number of hydrogen-bond acceptors (Lipinski definition) is 3. The van der Waals surface area contributed by atoms with Crippen LogP contribution < -0.4 is 11.1 Å². The number of nitrogens with one attached hydrogen (secondary N) is 1. The normalized spacial score (nSPS) is 21.4. The molecule has 3 unspecified atom stereocenters. The molecule has 1 aromatic rings. The van der Waals surface area contributed by atoms with Crippen LogP contribution in [0, 0.1) is 0 Å². The Kier molecular flexibility index (Phi) is 5.01. The van der Waals surface area contributed by atoms with E-state index in [9.17, 15) is 4.79 Å². The summed E-state index contributed by atoms with van der Waals surface area (Å²) in [5, 5.41) is 3.05. The van der Waals surface area contributed by atoms with Crippen LogP contribution in [0.4, 0.5) is 5.69 Å². The van der Waals surface area contributed by atoms with E-state index >= 15 is 0 Å². The summed E-state index contributed by atoms with van der Waals surface area (Å²) < 4.78 is 5.59. The van der Waals surface area contributed by atoms with Crippen molar-refractivity contribution in [1.29, 1.82) is 0 Å². The number of hydrogen-bond donors (Lipinski definition) is 2. The van der Waals surface area contributed by atoms with Gasteiger partial charge in [0, 0.05) is 18.7 Å². The summed E-state index contributed by atoms with van der Waals surface area (Å²) in [4.78, 5) is 12.1. The molecule has 20 heavy (non-hydrogen) atoms. The number of ether oxygens (including phenoxy) is 1. The summed E-state index contributed by atoms with van der Waals surface area (Å²) in [5.41, 5.74) is 7.56. The zero-order valence-corrected chi connectivity index (χ0v) is 12.3. The predicted molar refractivity (Wildman–Crippen MR) is 80.5 cm³/mol. The molecule has 0 aliphatic carbocycles. The van der Waals surface area contributed by atoms with Gasteiger partial charge >= 0.3 is 0 Å². The first-order chi connectivity index (χ1) is 9.56. The minimum atomic E-state index is 0.0809. The minimum Gasteiger partial charge on any atom is -0.399 e. The van der Waals surface area contributed by atoms with Gasteiger partial charge in [-0.1, -0.05) is 19.1 Å². The van der Waals surface area contributed by atoms with E-state index in [1.165, 1.54) is 0 Å². The molecule has 0 spiro atoms. The van der Waals surface area contributed by atoms with Gasteiger partial charge in [-0.2, -0.15) is 0 Å². The average molecular weight is 276 g/mol. The van der Waals surface area contributed by atoms with Gasteiger partial charge in [-0.25, -0.2) is 0 Å². The lowest BCUT2D eigenvalue weighted by Gasteiger charge is -2.21. The second-order valence-corrected chi connectivity index (χ2v) is 5.68. The van der Waals surface area contributed by atoms with Crippen LogP contribution in [0.3, 0.4) is 0 Å². The number of carbonyl (C=O) groups excluding carboxylic acids is 1. The van der Waals surface area contributed by atoms with Crippen molar-refractivity contribution in [2.75, 3.05) is 12.3 Å². The average Bonchev–Trinajstić information content (AvgIpc) is 2.93. The highest BCUT2D eigenvalue weighted by Gasteiger charge is 2.24. The fourth-order valence-corrected chi connectivity index (χ4v) is 2.62. The van der Waals surface area contributed by atoms with E-state index in [0.29, 0.717) is 6.42 Å². The number of rotatable bonds is 5. The molecule has 1 saturated heterocycles. The highest BCUT2D eigenvalue weighted by atomic mass is 16.5. The van der Waals surface area contributed by atoms with Crippen LogP contribution >= 0.6 is 0 Å². The summed E-state index contributed by atoms with van der Waals surface area (Å²) in [7, 11) is 0. The second kappa shape index (κ2) is 6.75. The van der Waals surface area contributed by atoms with Gasteiger partial charge in [-0.3, -0.25) is 4.79 Å².